The third kappa shape index (κ3) is 4.39. The number of aryl methyl sites for hydroxylation is 1. The van der Waals surface area contributed by atoms with Crippen LogP contribution in [0.2, 0.25) is 0 Å². The smallest absolute Gasteiger partial charge is 0.271 e. The summed E-state index contributed by atoms with van der Waals surface area (Å²) in [6, 6.07) is 12.0. The van der Waals surface area contributed by atoms with Gasteiger partial charge >= 0.3 is 0 Å². The van der Waals surface area contributed by atoms with E-state index in [4.69, 9.17) is 4.42 Å². The predicted molar refractivity (Wildman–Crippen MR) is 104 cm³/mol. The number of nitrogens with one attached hydrogen (secondary N) is 1. The number of nitrogens with zero attached hydrogens (tertiary/aromatic N) is 2. The van der Waals surface area contributed by atoms with E-state index in [9.17, 15) is 4.79 Å². The highest BCUT2D eigenvalue weighted by Gasteiger charge is 2.17. The molecular formula is C20H23N3O2S. The van der Waals surface area contributed by atoms with Crippen molar-refractivity contribution in [2.45, 2.75) is 26.9 Å². The normalized spacial score (nSPS) is 11.1. The Kier molecular flexibility index (Phi) is 5.85. The molecule has 0 aliphatic rings. The van der Waals surface area contributed by atoms with Crippen LogP contribution < -0.4 is 5.32 Å². The van der Waals surface area contributed by atoms with Gasteiger partial charge in [0.05, 0.1) is 6.26 Å². The topological polar surface area (TPSA) is 58.4 Å². The number of benzene rings is 1. The first-order chi connectivity index (χ1) is 12.6. The number of carbonyl (C=O) groups is 1. The lowest BCUT2D eigenvalue weighted by Gasteiger charge is -2.14. The van der Waals surface area contributed by atoms with Crippen molar-refractivity contribution in [3.8, 4) is 10.8 Å². The maximum Gasteiger partial charge on any atom is 0.271 e. The van der Waals surface area contributed by atoms with Crippen LogP contribution in [0.4, 0.5) is 0 Å². The maximum atomic E-state index is 12.5. The fraction of sp³-hybridized carbons (Fsp3) is 0.300. The number of hydrogen-bond donors (Lipinski definition) is 1. The van der Waals surface area contributed by atoms with Crippen LogP contribution in [-0.2, 0) is 13.1 Å². The molecule has 0 aliphatic carbocycles. The number of furan rings is 1. The van der Waals surface area contributed by atoms with E-state index >= 15 is 0 Å². The Morgan fingerprint density at radius 1 is 1.27 bits per heavy atom. The second-order valence-corrected chi connectivity index (χ2v) is 7.44. The summed E-state index contributed by atoms with van der Waals surface area (Å²) in [4.78, 5) is 20.1. The fourth-order valence-electron chi connectivity index (χ4n) is 2.64. The summed E-state index contributed by atoms with van der Waals surface area (Å²) in [5.74, 6) is 0.525. The van der Waals surface area contributed by atoms with Crippen molar-refractivity contribution in [2.75, 3.05) is 13.6 Å². The third-order valence-corrected chi connectivity index (χ3v) is 5.17. The monoisotopic (exact) mass is 369 g/mol. The van der Waals surface area contributed by atoms with Gasteiger partial charge in [0.1, 0.15) is 5.69 Å². The molecule has 136 valence electrons. The van der Waals surface area contributed by atoms with Crippen molar-refractivity contribution in [3.63, 3.8) is 0 Å². The predicted octanol–water partition coefficient (Wildman–Crippen LogP) is 4.09. The summed E-state index contributed by atoms with van der Waals surface area (Å²) in [6.45, 7) is 6.42. The molecule has 1 amide bonds. The van der Waals surface area contributed by atoms with Gasteiger partial charge in [-0.05, 0) is 43.8 Å². The highest BCUT2D eigenvalue weighted by molar-refractivity contribution is 7.15. The van der Waals surface area contributed by atoms with Crippen molar-refractivity contribution < 1.29 is 9.21 Å². The highest BCUT2D eigenvalue weighted by atomic mass is 32.1. The molecule has 0 atom stereocenters. The zero-order valence-electron chi connectivity index (χ0n) is 15.3. The van der Waals surface area contributed by atoms with Crippen molar-refractivity contribution in [2.24, 2.45) is 0 Å². The van der Waals surface area contributed by atoms with Crippen molar-refractivity contribution in [3.05, 3.63) is 64.4 Å². The van der Waals surface area contributed by atoms with Gasteiger partial charge in [-0.2, -0.15) is 0 Å². The van der Waals surface area contributed by atoms with Crippen molar-refractivity contribution in [1.82, 2.24) is 15.2 Å². The lowest BCUT2D eigenvalue weighted by molar-refractivity contribution is 0.0946. The summed E-state index contributed by atoms with van der Waals surface area (Å²) in [7, 11) is 2.09. The van der Waals surface area contributed by atoms with Gasteiger partial charge in [0.15, 0.2) is 10.8 Å². The number of rotatable bonds is 7. The van der Waals surface area contributed by atoms with Gasteiger partial charge in [-0.25, -0.2) is 4.98 Å². The first-order valence-corrected chi connectivity index (χ1v) is 9.44. The van der Waals surface area contributed by atoms with E-state index in [0.717, 1.165) is 28.5 Å². The number of thiazole rings is 1. The lowest BCUT2D eigenvalue weighted by atomic mass is 10.1. The Balaban J connectivity index is 1.65. The van der Waals surface area contributed by atoms with Crippen LogP contribution in [0.15, 0.2) is 47.1 Å². The second kappa shape index (κ2) is 8.29. The van der Waals surface area contributed by atoms with E-state index in [1.807, 2.05) is 31.2 Å². The van der Waals surface area contributed by atoms with Gasteiger partial charge in [0.2, 0.25) is 0 Å². The third-order valence-electron chi connectivity index (χ3n) is 4.18. The zero-order chi connectivity index (χ0) is 18.5. The Labute approximate surface area is 157 Å². The molecule has 0 fully saturated rings. The molecule has 0 aliphatic heterocycles. The molecule has 0 saturated heterocycles. The Morgan fingerprint density at radius 2 is 2.08 bits per heavy atom. The Hall–Kier alpha value is -2.44. The molecule has 2 heterocycles. The van der Waals surface area contributed by atoms with E-state index in [0.29, 0.717) is 18.0 Å². The minimum atomic E-state index is -0.160. The van der Waals surface area contributed by atoms with Gasteiger partial charge in [0.25, 0.3) is 5.91 Å². The van der Waals surface area contributed by atoms with E-state index in [-0.39, 0.29) is 5.91 Å². The average molecular weight is 369 g/mol. The summed E-state index contributed by atoms with van der Waals surface area (Å²) in [5, 5.41) is 3.69. The van der Waals surface area contributed by atoms with Crippen LogP contribution in [0.25, 0.3) is 10.8 Å². The molecule has 3 rings (SSSR count). The molecular weight excluding hydrogens is 346 g/mol. The van der Waals surface area contributed by atoms with Crippen LogP contribution in [0.1, 0.15) is 33.4 Å². The van der Waals surface area contributed by atoms with Gasteiger partial charge in [-0.1, -0.05) is 31.2 Å². The molecule has 3 aromatic rings. The zero-order valence-corrected chi connectivity index (χ0v) is 16.1. The second-order valence-electron chi connectivity index (χ2n) is 6.23. The number of hydrogen-bond acceptors (Lipinski definition) is 5. The average Bonchev–Trinajstić information content (AvgIpc) is 3.29. The number of amides is 1. The summed E-state index contributed by atoms with van der Waals surface area (Å²) >= 11 is 1.46. The summed E-state index contributed by atoms with van der Waals surface area (Å²) in [5.41, 5.74) is 2.79. The van der Waals surface area contributed by atoms with Gasteiger partial charge in [0, 0.05) is 18.0 Å². The van der Waals surface area contributed by atoms with Gasteiger partial charge in [-0.3, -0.25) is 4.79 Å². The maximum absolute atomic E-state index is 12.5. The van der Waals surface area contributed by atoms with E-state index in [2.05, 4.69) is 41.3 Å². The first kappa shape index (κ1) is 18.4. The minimum Gasteiger partial charge on any atom is -0.462 e. The quantitative estimate of drug-likeness (QED) is 0.681. The summed E-state index contributed by atoms with van der Waals surface area (Å²) in [6.07, 6.45) is 1.61. The lowest BCUT2D eigenvalue weighted by Crippen LogP contribution is -2.24. The molecule has 0 unspecified atom stereocenters. The summed E-state index contributed by atoms with van der Waals surface area (Å²) < 4.78 is 5.36. The van der Waals surface area contributed by atoms with Crippen LogP contribution in [0.5, 0.6) is 0 Å². The SMILES string of the molecule is CCN(C)Cc1cccc(CNC(=O)c2nc(-c3ccco3)sc2C)c1. The van der Waals surface area contributed by atoms with Crippen molar-refractivity contribution >= 4 is 17.2 Å². The van der Waals surface area contributed by atoms with Gasteiger partial charge in [-0.15, -0.1) is 11.3 Å². The molecule has 0 saturated carbocycles. The first-order valence-electron chi connectivity index (χ1n) is 8.62. The largest absolute Gasteiger partial charge is 0.462 e. The number of carbonyl (C=O) groups excluding carboxylic acids is 1. The molecule has 2 aromatic heterocycles. The standard InChI is InChI=1S/C20H23N3O2S/c1-4-23(3)13-16-8-5-7-15(11-16)12-21-19(24)18-14(2)26-20(22-18)17-9-6-10-25-17/h5-11H,4,12-13H2,1-3H3,(H,21,24). The fourth-order valence-corrected chi connectivity index (χ4v) is 3.52. The van der Waals surface area contributed by atoms with Crippen molar-refractivity contribution in [1.29, 1.82) is 0 Å². The molecule has 6 heteroatoms. The molecule has 26 heavy (non-hydrogen) atoms. The van der Waals surface area contributed by atoms with E-state index in [1.54, 1.807) is 6.26 Å². The molecule has 0 spiro atoms. The van der Waals surface area contributed by atoms with E-state index in [1.165, 1.54) is 16.9 Å². The molecule has 0 radical (unpaired) electrons. The number of aromatic nitrogens is 1. The Morgan fingerprint density at radius 3 is 2.81 bits per heavy atom. The van der Waals surface area contributed by atoms with Crippen LogP contribution in [-0.4, -0.2) is 29.4 Å². The van der Waals surface area contributed by atoms with E-state index < -0.39 is 0 Å². The van der Waals surface area contributed by atoms with Crippen LogP contribution in [0.3, 0.4) is 0 Å². The minimum absolute atomic E-state index is 0.160. The molecule has 0 bridgehead atoms. The van der Waals surface area contributed by atoms with Gasteiger partial charge < -0.3 is 14.6 Å². The molecule has 1 aromatic carbocycles. The molecule has 5 nitrogen and oxygen atoms in total. The highest BCUT2D eigenvalue weighted by Crippen LogP contribution is 2.27. The molecule has 1 N–H and O–H groups in total. The van der Waals surface area contributed by atoms with Crippen LogP contribution in [0, 0.1) is 6.92 Å². The Bertz CT molecular complexity index is 871. The van der Waals surface area contributed by atoms with Crippen LogP contribution >= 0.6 is 11.3 Å².